The van der Waals surface area contributed by atoms with Gasteiger partial charge in [0.25, 0.3) is 5.79 Å². The van der Waals surface area contributed by atoms with E-state index in [0.717, 1.165) is 0 Å². The molecule has 228 valence electrons. The Bertz CT molecular complexity index is 1040. The van der Waals surface area contributed by atoms with Crippen molar-refractivity contribution in [2.45, 2.75) is 49.1 Å². The Hall–Kier alpha value is -2.84. The van der Waals surface area contributed by atoms with E-state index in [1.165, 1.54) is 0 Å². The number of nitrogens with one attached hydrogen (secondary N) is 2. The Morgan fingerprint density at radius 1 is 1.12 bits per heavy atom. The van der Waals surface area contributed by atoms with E-state index in [1.54, 1.807) is 24.3 Å². The van der Waals surface area contributed by atoms with E-state index in [4.69, 9.17) is 42.1 Å². The number of carboxylic acid groups (broad SMARTS) is 1. The van der Waals surface area contributed by atoms with Crippen molar-refractivity contribution >= 4 is 29.4 Å². The lowest BCUT2D eigenvalue weighted by Gasteiger charge is -2.46. The predicted molar refractivity (Wildman–Crippen MR) is 141 cm³/mol. The molecule has 2 amide bonds. The van der Waals surface area contributed by atoms with Gasteiger partial charge in [-0.1, -0.05) is 29.7 Å². The highest BCUT2D eigenvalue weighted by Crippen LogP contribution is 2.33. The zero-order valence-corrected chi connectivity index (χ0v) is 22.9. The molecule has 1 aromatic rings. The first kappa shape index (κ1) is 34.4. The van der Waals surface area contributed by atoms with Gasteiger partial charge in [-0.25, -0.2) is 4.79 Å². The third kappa shape index (κ3) is 10.8. The van der Waals surface area contributed by atoms with Crippen LogP contribution in [-0.4, -0.2) is 126 Å². The monoisotopic (exact) mass is 602 g/mol. The minimum atomic E-state index is -2.49. The molecular weight excluding hydrogens is 568 g/mol. The molecule has 7 N–H and O–H groups in total. The van der Waals surface area contributed by atoms with Gasteiger partial charge < -0.3 is 55.1 Å². The van der Waals surface area contributed by atoms with Gasteiger partial charge in [0, 0.05) is 18.0 Å². The summed E-state index contributed by atoms with van der Waals surface area (Å²) in [5.74, 6) is -3.31. The number of hydrogen-bond donors (Lipinski definition) is 7. The zero-order valence-electron chi connectivity index (χ0n) is 22.1. The molecule has 14 nitrogen and oxygen atoms in total. The second-order valence-corrected chi connectivity index (χ2v) is 9.48. The minimum Gasteiger partial charge on any atom is -0.477 e. The van der Waals surface area contributed by atoms with Crippen LogP contribution in [0.25, 0.3) is 0 Å². The Kier molecular flexibility index (Phi) is 14.4. The molecular formula is C26H35ClN2O12. The van der Waals surface area contributed by atoms with Crippen LogP contribution in [0.4, 0.5) is 0 Å². The van der Waals surface area contributed by atoms with E-state index in [1.807, 2.05) is 0 Å². The van der Waals surface area contributed by atoms with Gasteiger partial charge in [0.05, 0.1) is 51.1 Å². The average Bonchev–Trinajstić information content (AvgIpc) is 2.95. The number of ether oxygens (including phenoxy) is 4. The lowest BCUT2D eigenvalue weighted by atomic mass is 9.88. The second-order valence-electron chi connectivity index (χ2n) is 9.05. The number of amides is 2. The third-order valence-electron chi connectivity index (χ3n) is 6.01. The Morgan fingerprint density at radius 3 is 2.41 bits per heavy atom. The summed E-state index contributed by atoms with van der Waals surface area (Å²) in [6, 6.07) is 5.04. The first-order valence-electron chi connectivity index (χ1n) is 12.6. The highest BCUT2D eigenvalue weighted by Gasteiger charge is 2.55. The number of carbonyl (C=O) groups excluding carboxylic acids is 2. The van der Waals surface area contributed by atoms with Crippen molar-refractivity contribution in [3.8, 4) is 12.3 Å². The maximum atomic E-state index is 12.3. The molecule has 1 saturated heterocycles. The normalized spacial score (nSPS) is 23.7. The second kappa shape index (κ2) is 17.2. The zero-order chi connectivity index (χ0) is 30.4. The topological polar surface area (TPSA) is 213 Å². The summed E-state index contributed by atoms with van der Waals surface area (Å²) in [7, 11) is 0. The van der Waals surface area contributed by atoms with Crippen molar-refractivity contribution < 1.29 is 58.9 Å². The van der Waals surface area contributed by atoms with Gasteiger partial charge in [-0.3, -0.25) is 9.59 Å². The van der Waals surface area contributed by atoms with E-state index >= 15 is 0 Å². The number of aliphatic carboxylic acids is 1. The van der Waals surface area contributed by atoms with Crippen LogP contribution in [0.1, 0.15) is 12.0 Å². The fourth-order valence-electron chi connectivity index (χ4n) is 3.97. The van der Waals surface area contributed by atoms with Crippen LogP contribution >= 0.6 is 11.6 Å². The predicted octanol–water partition coefficient (Wildman–Crippen LogP) is -2.19. The van der Waals surface area contributed by atoms with Gasteiger partial charge in [-0.2, -0.15) is 0 Å². The number of benzene rings is 1. The fraction of sp³-hybridized carbons (Fsp3) is 0.577. The number of carbonyl (C=O) groups is 3. The summed E-state index contributed by atoms with van der Waals surface area (Å²) in [4.78, 5) is 36.4. The van der Waals surface area contributed by atoms with Crippen molar-refractivity contribution in [3.05, 3.63) is 34.9 Å². The summed E-state index contributed by atoms with van der Waals surface area (Å²) in [6.45, 7) is -1.43. The molecule has 6 atom stereocenters. The van der Waals surface area contributed by atoms with Crippen LogP contribution in [0.3, 0.4) is 0 Å². The number of hydrogen-bond acceptors (Lipinski definition) is 11. The van der Waals surface area contributed by atoms with E-state index in [-0.39, 0.29) is 39.5 Å². The van der Waals surface area contributed by atoms with Crippen molar-refractivity contribution in [2.24, 2.45) is 0 Å². The highest BCUT2D eigenvalue weighted by molar-refractivity contribution is 6.30. The molecule has 0 aliphatic carbocycles. The average molecular weight is 603 g/mol. The number of rotatable bonds is 17. The smallest absolute Gasteiger partial charge is 0.364 e. The minimum absolute atomic E-state index is 0.0537. The van der Waals surface area contributed by atoms with Gasteiger partial charge in [0.15, 0.2) is 0 Å². The molecule has 0 bridgehead atoms. The molecule has 0 unspecified atom stereocenters. The standard InChI is InChI=1S/C26H35ClN2O12/c1-2-7-38-8-9-39-10-11-40-26(25(36)37)13-18(31)22(29-21(34)15-30)24(41-26)23(35)19(32)14-28-20(33)12-16-3-5-17(27)6-4-16/h1,3-6,18-19,22-24,30-32,35H,7-15H2,(H,28,33)(H,29,34)(H,36,37)/t18-,19+,22+,23+,24+,26+/m0/s1. The van der Waals surface area contributed by atoms with E-state index < -0.39 is 73.6 Å². The summed E-state index contributed by atoms with van der Waals surface area (Å²) in [5.41, 5.74) is 0.639. The Morgan fingerprint density at radius 2 is 1.78 bits per heavy atom. The molecule has 41 heavy (non-hydrogen) atoms. The number of carboxylic acids is 1. The molecule has 1 aromatic carbocycles. The van der Waals surface area contributed by atoms with Crippen LogP contribution < -0.4 is 10.6 Å². The molecule has 1 fully saturated rings. The fourth-order valence-corrected chi connectivity index (χ4v) is 4.10. The molecule has 15 heteroatoms. The maximum absolute atomic E-state index is 12.3. The van der Waals surface area contributed by atoms with Gasteiger partial charge in [-0.15, -0.1) is 6.42 Å². The third-order valence-corrected chi connectivity index (χ3v) is 6.26. The summed E-state index contributed by atoms with van der Waals surface area (Å²) < 4.78 is 21.4. The van der Waals surface area contributed by atoms with Gasteiger partial charge in [0.1, 0.15) is 25.4 Å². The highest BCUT2D eigenvalue weighted by atomic mass is 35.5. The quantitative estimate of drug-likeness (QED) is 0.0748. The first-order valence-corrected chi connectivity index (χ1v) is 13.0. The lowest BCUT2D eigenvalue weighted by molar-refractivity contribution is -0.312. The molecule has 1 aliphatic rings. The van der Waals surface area contributed by atoms with Crippen LogP contribution in [-0.2, 0) is 39.8 Å². The number of terminal acetylenes is 1. The van der Waals surface area contributed by atoms with Crippen LogP contribution in [0.2, 0.25) is 5.02 Å². The summed E-state index contributed by atoms with van der Waals surface area (Å²) >= 11 is 5.83. The van der Waals surface area contributed by atoms with Crippen molar-refractivity contribution in [3.63, 3.8) is 0 Å². The van der Waals surface area contributed by atoms with Gasteiger partial charge in [0.2, 0.25) is 11.8 Å². The van der Waals surface area contributed by atoms with Crippen molar-refractivity contribution in [1.82, 2.24) is 10.6 Å². The maximum Gasteiger partial charge on any atom is 0.364 e. The largest absolute Gasteiger partial charge is 0.477 e. The summed E-state index contributed by atoms with van der Waals surface area (Å²) in [5, 5.41) is 56.5. The number of aliphatic hydroxyl groups is 4. The first-order chi connectivity index (χ1) is 19.5. The Labute approximate surface area is 241 Å². The van der Waals surface area contributed by atoms with Crippen LogP contribution in [0.5, 0.6) is 0 Å². The lowest BCUT2D eigenvalue weighted by Crippen LogP contribution is -2.68. The molecule has 1 heterocycles. The molecule has 0 saturated carbocycles. The van der Waals surface area contributed by atoms with Crippen LogP contribution in [0, 0.1) is 12.3 Å². The number of halogens is 1. The van der Waals surface area contributed by atoms with E-state index in [9.17, 15) is 34.8 Å². The molecule has 0 radical (unpaired) electrons. The van der Waals surface area contributed by atoms with E-state index in [0.29, 0.717) is 10.6 Å². The van der Waals surface area contributed by atoms with Crippen LogP contribution in [0.15, 0.2) is 24.3 Å². The SMILES string of the molecule is C#CCOCCOCCO[C@]1(C(=O)O)C[C@H](O)[C@@H](NC(=O)CO)[C@H]([C@H](O)[C@H](O)CNC(=O)Cc2ccc(Cl)cc2)O1. The molecule has 0 aromatic heterocycles. The van der Waals surface area contributed by atoms with E-state index in [2.05, 4.69) is 16.6 Å². The van der Waals surface area contributed by atoms with Gasteiger partial charge in [-0.05, 0) is 17.7 Å². The molecule has 0 spiro atoms. The summed E-state index contributed by atoms with van der Waals surface area (Å²) in [6.07, 6.45) is -2.73. The van der Waals surface area contributed by atoms with Crippen molar-refractivity contribution in [2.75, 3.05) is 46.2 Å². The van der Waals surface area contributed by atoms with Crippen molar-refractivity contribution in [1.29, 1.82) is 0 Å². The Balaban J connectivity index is 2.08. The van der Waals surface area contributed by atoms with Gasteiger partial charge >= 0.3 is 5.97 Å². The molecule has 1 aliphatic heterocycles. The number of aliphatic hydroxyl groups excluding tert-OH is 4. The molecule has 2 rings (SSSR count).